The van der Waals surface area contributed by atoms with Crippen LogP contribution in [0, 0.1) is 36.0 Å². The number of nitrogens with zero attached hydrogens (tertiary/aromatic N) is 1. The molecule has 5 nitrogen and oxygen atoms in total. The Bertz CT molecular complexity index is 769. The zero-order valence-electron chi connectivity index (χ0n) is 14.1. The SMILES string of the molecule is C#CCC12OC3C(O)C4CC3C1C4C(=O)N2c1ccc(OCC)cc1. The average Bonchev–Trinajstić information content (AvgIpc) is 3.26. The average molecular weight is 339 g/mol. The number of amides is 1. The Labute approximate surface area is 146 Å². The molecule has 2 bridgehead atoms. The lowest BCUT2D eigenvalue weighted by atomic mass is 9.76. The third-order valence-corrected chi connectivity index (χ3v) is 6.56. The fourth-order valence-corrected chi connectivity index (χ4v) is 5.88. The van der Waals surface area contributed by atoms with Crippen LogP contribution in [0.3, 0.4) is 0 Å². The molecule has 2 saturated heterocycles. The molecule has 7 unspecified atom stereocenters. The molecule has 2 aliphatic heterocycles. The fourth-order valence-electron chi connectivity index (χ4n) is 5.88. The van der Waals surface area contributed by atoms with Crippen molar-refractivity contribution in [1.82, 2.24) is 0 Å². The summed E-state index contributed by atoms with van der Waals surface area (Å²) in [6.07, 6.45) is 6.14. The number of terminal acetylenes is 1. The van der Waals surface area contributed by atoms with Crippen LogP contribution in [0.4, 0.5) is 5.69 Å². The van der Waals surface area contributed by atoms with E-state index in [1.165, 1.54) is 0 Å². The van der Waals surface area contributed by atoms with Gasteiger partial charge in [-0.25, -0.2) is 0 Å². The van der Waals surface area contributed by atoms with Gasteiger partial charge in [0.25, 0.3) is 0 Å². The Morgan fingerprint density at radius 2 is 2.16 bits per heavy atom. The Hall–Kier alpha value is -2.03. The highest BCUT2D eigenvalue weighted by Crippen LogP contribution is 2.68. The molecule has 2 heterocycles. The van der Waals surface area contributed by atoms with Gasteiger partial charge in [-0.2, -0.15) is 0 Å². The lowest BCUT2D eigenvalue weighted by Gasteiger charge is -2.38. The van der Waals surface area contributed by atoms with Gasteiger partial charge >= 0.3 is 0 Å². The molecule has 0 aromatic heterocycles. The number of hydrogen-bond donors (Lipinski definition) is 1. The van der Waals surface area contributed by atoms with Crippen LogP contribution in [0.15, 0.2) is 24.3 Å². The number of rotatable bonds is 4. The molecule has 1 N–H and O–H groups in total. The highest BCUT2D eigenvalue weighted by atomic mass is 16.6. The molecule has 4 aliphatic rings. The van der Waals surface area contributed by atoms with Crippen molar-refractivity contribution >= 4 is 11.6 Å². The van der Waals surface area contributed by atoms with Crippen molar-refractivity contribution in [3.05, 3.63) is 24.3 Å². The van der Waals surface area contributed by atoms with Crippen molar-refractivity contribution in [3.63, 3.8) is 0 Å². The first-order valence-electron chi connectivity index (χ1n) is 8.98. The highest BCUT2D eigenvalue weighted by molar-refractivity contribution is 6.00. The predicted octanol–water partition coefficient (Wildman–Crippen LogP) is 1.79. The van der Waals surface area contributed by atoms with E-state index in [2.05, 4.69) is 5.92 Å². The molecule has 1 aromatic carbocycles. The molecule has 4 fully saturated rings. The summed E-state index contributed by atoms with van der Waals surface area (Å²) in [4.78, 5) is 15.1. The minimum absolute atomic E-state index is 0.000141. The maximum Gasteiger partial charge on any atom is 0.233 e. The number of anilines is 1. The Kier molecular flexibility index (Phi) is 3.05. The number of hydrogen-bond acceptors (Lipinski definition) is 4. The Morgan fingerprint density at radius 1 is 1.40 bits per heavy atom. The zero-order chi connectivity index (χ0) is 17.3. The van der Waals surface area contributed by atoms with Gasteiger partial charge in [0.1, 0.15) is 5.75 Å². The molecule has 0 radical (unpaired) electrons. The Morgan fingerprint density at radius 3 is 2.84 bits per heavy atom. The van der Waals surface area contributed by atoms with E-state index in [4.69, 9.17) is 15.9 Å². The van der Waals surface area contributed by atoms with Gasteiger partial charge in [-0.3, -0.25) is 9.69 Å². The lowest BCUT2D eigenvalue weighted by Crippen LogP contribution is -2.51. The molecule has 5 heteroatoms. The van der Waals surface area contributed by atoms with Gasteiger partial charge in [0, 0.05) is 11.6 Å². The number of ether oxygens (including phenoxy) is 2. The predicted molar refractivity (Wildman–Crippen MR) is 90.7 cm³/mol. The summed E-state index contributed by atoms with van der Waals surface area (Å²) < 4.78 is 11.9. The summed E-state index contributed by atoms with van der Waals surface area (Å²) in [6, 6.07) is 7.51. The van der Waals surface area contributed by atoms with Crippen LogP contribution in [0.2, 0.25) is 0 Å². The molecule has 7 atom stereocenters. The number of carbonyl (C=O) groups is 1. The van der Waals surface area contributed by atoms with Crippen molar-refractivity contribution in [1.29, 1.82) is 0 Å². The topological polar surface area (TPSA) is 59.0 Å². The van der Waals surface area contributed by atoms with Crippen molar-refractivity contribution in [3.8, 4) is 18.1 Å². The second-order valence-corrected chi connectivity index (χ2v) is 7.51. The minimum atomic E-state index is -0.814. The third kappa shape index (κ3) is 1.69. The van der Waals surface area contributed by atoms with Crippen LogP contribution >= 0.6 is 0 Å². The summed E-state index contributed by atoms with van der Waals surface area (Å²) in [5.74, 6) is 3.66. The normalized spacial score (nSPS) is 42.9. The van der Waals surface area contributed by atoms with Gasteiger partial charge in [-0.15, -0.1) is 12.3 Å². The number of aliphatic hydroxyl groups is 1. The van der Waals surface area contributed by atoms with Crippen LogP contribution in [0.5, 0.6) is 5.75 Å². The summed E-state index contributed by atoms with van der Waals surface area (Å²) in [6.45, 7) is 2.53. The van der Waals surface area contributed by atoms with Crippen molar-refractivity contribution < 1.29 is 19.4 Å². The molecule has 5 rings (SSSR count). The van der Waals surface area contributed by atoms with E-state index in [-0.39, 0.29) is 35.7 Å². The second kappa shape index (κ2) is 5.00. The van der Waals surface area contributed by atoms with E-state index in [1.54, 1.807) is 4.90 Å². The van der Waals surface area contributed by atoms with Crippen molar-refractivity contribution in [2.45, 2.75) is 37.7 Å². The van der Waals surface area contributed by atoms with Gasteiger partial charge in [-0.1, -0.05) is 0 Å². The van der Waals surface area contributed by atoms with Crippen LogP contribution in [0.25, 0.3) is 0 Å². The second-order valence-electron chi connectivity index (χ2n) is 7.51. The zero-order valence-corrected chi connectivity index (χ0v) is 14.1. The van der Waals surface area contributed by atoms with Crippen LogP contribution in [-0.2, 0) is 9.53 Å². The first-order valence-corrected chi connectivity index (χ1v) is 8.98. The van der Waals surface area contributed by atoms with E-state index in [9.17, 15) is 9.90 Å². The number of aliphatic hydroxyl groups excluding tert-OH is 1. The van der Waals surface area contributed by atoms with Gasteiger partial charge in [0.15, 0.2) is 5.72 Å². The maximum absolute atomic E-state index is 13.3. The molecule has 2 aliphatic carbocycles. The molecule has 130 valence electrons. The van der Waals surface area contributed by atoms with Crippen LogP contribution in [-0.4, -0.2) is 35.6 Å². The molecular weight excluding hydrogens is 318 g/mol. The molecule has 2 saturated carbocycles. The summed E-state index contributed by atoms with van der Waals surface area (Å²) in [7, 11) is 0. The van der Waals surface area contributed by atoms with E-state index >= 15 is 0 Å². The quantitative estimate of drug-likeness (QED) is 0.850. The smallest absolute Gasteiger partial charge is 0.233 e. The van der Waals surface area contributed by atoms with Gasteiger partial charge in [0.2, 0.25) is 5.91 Å². The molecule has 25 heavy (non-hydrogen) atoms. The largest absolute Gasteiger partial charge is 0.494 e. The minimum Gasteiger partial charge on any atom is -0.494 e. The number of carbonyl (C=O) groups excluding carboxylic acids is 1. The lowest BCUT2D eigenvalue weighted by molar-refractivity contribution is -0.132. The first kappa shape index (κ1) is 15.2. The molecule has 1 amide bonds. The molecular formula is C20H21NO4. The van der Waals surface area contributed by atoms with Gasteiger partial charge in [0.05, 0.1) is 31.2 Å². The van der Waals surface area contributed by atoms with Gasteiger partial charge in [-0.05, 0) is 49.4 Å². The van der Waals surface area contributed by atoms with Crippen LogP contribution < -0.4 is 9.64 Å². The summed E-state index contributed by atoms with van der Waals surface area (Å²) in [5, 5.41) is 10.5. The molecule has 1 aromatic rings. The summed E-state index contributed by atoms with van der Waals surface area (Å²) >= 11 is 0. The molecule has 0 spiro atoms. The Balaban J connectivity index is 1.59. The monoisotopic (exact) mass is 339 g/mol. The van der Waals surface area contributed by atoms with Gasteiger partial charge < -0.3 is 14.6 Å². The van der Waals surface area contributed by atoms with E-state index in [0.29, 0.717) is 13.0 Å². The number of fused-ring (bicyclic) bond motifs is 2. The maximum atomic E-state index is 13.3. The summed E-state index contributed by atoms with van der Waals surface area (Å²) in [5.41, 5.74) is -0.0294. The first-order chi connectivity index (χ1) is 12.1. The van der Waals surface area contributed by atoms with E-state index in [1.807, 2.05) is 31.2 Å². The van der Waals surface area contributed by atoms with E-state index in [0.717, 1.165) is 17.9 Å². The third-order valence-electron chi connectivity index (χ3n) is 6.56. The van der Waals surface area contributed by atoms with Crippen LogP contribution in [0.1, 0.15) is 19.8 Å². The highest BCUT2D eigenvalue weighted by Gasteiger charge is 2.78. The van der Waals surface area contributed by atoms with E-state index < -0.39 is 11.8 Å². The fraction of sp³-hybridized carbons (Fsp3) is 0.550. The van der Waals surface area contributed by atoms with Crippen molar-refractivity contribution in [2.75, 3.05) is 11.5 Å². The standard InChI is InChI=1S/C20H21NO4/c1-3-9-20-16-14-10-13(17(22)18(14)25-20)15(16)19(23)21(20)11-5-7-12(8-6-11)24-4-2/h1,5-8,13-18,22H,4,9-10H2,2H3. The van der Waals surface area contributed by atoms with Crippen molar-refractivity contribution in [2.24, 2.45) is 23.7 Å². The number of benzene rings is 1.